The Morgan fingerprint density at radius 2 is 1.43 bits per heavy atom. The average molecular weight is 372 g/mol. The van der Waals surface area contributed by atoms with Gasteiger partial charge in [-0.25, -0.2) is 9.59 Å². The van der Waals surface area contributed by atoms with Crippen molar-refractivity contribution < 1.29 is 29.0 Å². The van der Waals surface area contributed by atoms with Crippen molar-refractivity contribution in [3.8, 4) is 5.75 Å². The molecule has 1 N–H and O–H groups in total. The largest absolute Gasteiger partial charge is 0.478 e. The number of carbonyl (C=O) groups is 4. The van der Waals surface area contributed by atoms with Gasteiger partial charge < -0.3 is 9.84 Å². The molecular weight excluding hydrogens is 360 g/mol. The molecule has 0 spiro atoms. The van der Waals surface area contributed by atoms with E-state index in [0.717, 1.165) is 6.08 Å². The molecule has 28 heavy (non-hydrogen) atoms. The SMILES string of the molecule is O=C(Oc1cc2ccccc2cc1C(=O)O)C1=CC(=O)c2ccccc2C1=O. The molecule has 3 aromatic rings. The standard InChI is InChI=1S/C22H12O6/c23-18-11-17(20(24)15-8-4-3-7-14(15)18)22(27)28-19-10-13-6-2-1-5-12(13)9-16(19)21(25)26/h1-11H,(H,25,26). The Kier molecular flexibility index (Phi) is 4.08. The summed E-state index contributed by atoms with van der Waals surface area (Å²) in [5, 5.41) is 10.8. The van der Waals surface area contributed by atoms with Gasteiger partial charge in [-0.3, -0.25) is 9.59 Å². The van der Waals surface area contributed by atoms with Crippen LogP contribution >= 0.6 is 0 Å². The van der Waals surface area contributed by atoms with Crippen molar-refractivity contribution >= 4 is 34.3 Å². The number of carbonyl (C=O) groups excluding carboxylic acids is 3. The number of esters is 1. The number of ketones is 2. The number of allylic oxidation sites excluding steroid dienone is 1. The summed E-state index contributed by atoms with van der Waals surface area (Å²) in [6.45, 7) is 0. The summed E-state index contributed by atoms with van der Waals surface area (Å²) in [5.74, 6) is -3.68. The predicted octanol–water partition coefficient (Wildman–Crippen LogP) is 3.45. The predicted molar refractivity (Wildman–Crippen MR) is 99.7 cm³/mol. The third-order valence-electron chi connectivity index (χ3n) is 4.46. The second-order valence-corrected chi connectivity index (χ2v) is 6.19. The van der Waals surface area contributed by atoms with E-state index in [1.54, 1.807) is 36.4 Å². The molecule has 0 bridgehead atoms. The zero-order valence-corrected chi connectivity index (χ0v) is 14.3. The lowest BCUT2D eigenvalue weighted by Crippen LogP contribution is -2.25. The number of hydrogen-bond donors (Lipinski definition) is 1. The maximum absolute atomic E-state index is 12.6. The van der Waals surface area contributed by atoms with Crippen LogP contribution in [0.25, 0.3) is 10.8 Å². The highest BCUT2D eigenvalue weighted by Crippen LogP contribution is 2.28. The molecule has 6 heteroatoms. The van der Waals surface area contributed by atoms with Gasteiger partial charge in [0.15, 0.2) is 5.78 Å². The Labute approximate surface area is 158 Å². The molecular formula is C22H12O6. The Morgan fingerprint density at radius 1 is 0.821 bits per heavy atom. The van der Waals surface area contributed by atoms with Gasteiger partial charge in [-0.1, -0.05) is 48.5 Å². The van der Waals surface area contributed by atoms with Gasteiger partial charge in [0.2, 0.25) is 5.78 Å². The molecule has 1 aliphatic rings. The van der Waals surface area contributed by atoms with Crippen LogP contribution in [0.4, 0.5) is 0 Å². The van der Waals surface area contributed by atoms with Crippen molar-refractivity contribution in [3.63, 3.8) is 0 Å². The molecule has 0 fully saturated rings. The minimum atomic E-state index is -1.28. The second kappa shape index (κ2) is 6.59. The van der Waals surface area contributed by atoms with Crippen molar-refractivity contribution in [2.75, 3.05) is 0 Å². The van der Waals surface area contributed by atoms with Crippen molar-refractivity contribution in [2.24, 2.45) is 0 Å². The van der Waals surface area contributed by atoms with Crippen LogP contribution in [0.5, 0.6) is 5.75 Å². The average Bonchev–Trinajstić information content (AvgIpc) is 2.70. The summed E-state index contributed by atoms with van der Waals surface area (Å²) in [6, 6.07) is 16.0. The highest BCUT2D eigenvalue weighted by atomic mass is 16.5. The zero-order chi connectivity index (χ0) is 19.8. The van der Waals surface area contributed by atoms with Crippen LogP contribution in [0.3, 0.4) is 0 Å². The number of aromatic carboxylic acids is 1. The smallest absolute Gasteiger partial charge is 0.347 e. The quantitative estimate of drug-likeness (QED) is 0.430. The first-order valence-corrected chi connectivity index (χ1v) is 8.34. The molecule has 0 aliphatic heterocycles. The van der Waals surface area contributed by atoms with E-state index in [9.17, 15) is 24.3 Å². The third-order valence-corrected chi connectivity index (χ3v) is 4.46. The Balaban J connectivity index is 1.73. The van der Waals surface area contributed by atoms with E-state index >= 15 is 0 Å². The van der Waals surface area contributed by atoms with E-state index in [0.29, 0.717) is 10.8 Å². The Bertz CT molecular complexity index is 1220. The van der Waals surface area contributed by atoms with Gasteiger partial charge in [-0.15, -0.1) is 0 Å². The topological polar surface area (TPSA) is 97.7 Å². The Hall–Kier alpha value is -4.06. The van der Waals surface area contributed by atoms with Gasteiger partial charge >= 0.3 is 11.9 Å². The van der Waals surface area contributed by atoms with E-state index < -0.39 is 29.1 Å². The summed E-state index contributed by atoms with van der Waals surface area (Å²) in [6.07, 6.45) is 0.925. The zero-order valence-electron chi connectivity index (χ0n) is 14.3. The number of fused-ring (bicyclic) bond motifs is 2. The first-order chi connectivity index (χ1) is 13.5. The van der Waals surface area contributed by atoms with Gasteiger partial charge in [0.05, 0.1) is 0 Å². The van der Waals surface area contributed by atoms with Gasteiger partial charge in [0.25, 0.3) is 0 Å². The van der Waals surface area contributed by atoms with E-state index in [1.807, 2.05) is 0 Å². The van der Waals surface area contributed by atoms with Crippen LogP contribution in [0.1, 0.15) is 31.1 Å². The lowest BCUT2D eigenvalue weighted by atomic mass is 9.89. The lowest BCUT2D eigenvalue weighted by Gasteiger charge is -2.15. The molecule has 6 nitrogen and oxygen atoms in total. The van der Waals surface area contributed by atoms with Crippen LogP contribution in [-0.4, -0.2) is 28.6 Å². The van der Waals surface area contributed by atoms with E-state index in [1.165, 1.54) is 24.3 Å². The lowest BCUT2D eigenvalue weighted by molar-refractivity contribution is -0.129. The highest BCUT2D eigenvalue weighted by Gasteiger charge is 2.31. The number of Topliss-reactive ketones (excluding diaryl/α,β-unsaturated/α-hetero) is 1. The van der Waals surface area contributed by atoms with Crippen molar-refractivity contribution in [1.29, 1.82) is 0 Å². The maximum atomic E-state index is 12.6. The van der Waals surface area contributed by atoms with E-state index in [4.69, 9.17) is 4.74 Å². The Morgan fingerprint density at radius 3 is 2.11 bits per heavy atom. The highest BCUT2D eigenvalue weighted by molar-refractivity contribution is 6.33. The van der Waals surface area contributed by atoms with Crippen molar-refractivity contribution in [2.45, 2.75) is 0 Å². The van der Waals surface area contributed by atoms with Crippen LogP contribution in [0.15, 0.2) is 72.3 Å². The number of benzene rings is 3. The number of hydrogen-bond acceptors (Lipinski definition) is 5. The van der Waals surface area contributed by atoms with Gasteiger partial charge in [0.1, 0.15) is 16.9 Å². The monoisotopic (exact) mass is 372 g/mol. The fourth-order valence-electron chi connectivity index (χ4n) is 3.09. The molecule has 0 radical (unpaired) electrons. The fourth-order valence-corrected chi connectivity index (χ4v) is 3.09. The number of rotatable bonds is 3. The van der Waals surface area contributed by atoms with Crippen LogP contribution < -0.4 is 4.74 Å². The van der Waals surface area contributed by atoms with Crippen molar-refractivity contribution in [1.82, 2.24) is 0 Å². The first kappa shape index (κ1) is 17.4. The molecule has 0 saturated heterocycles. The molecule has 0 amide bonds. The molecule has 0 saturated carbocycles. The van der Waals surface area contributed by atoms with E-state index in [-0.39, 0.29) is 22.4 Å². The number of carboxylic acids is 1. The van der Waals surface area contributed by atoms with Gasteiger partial charge in [-0.2, -0.15) is 0 Å². The molecule has 0 atom stereocenters. The number of carboxylic acid groups (broad SMARTS) is 1. The second-order valence-electron chi connectivity index (χ2n) is 6.19. The normalized spacial score (nSPS) is 13.1. The minimum Gasteiger partial charge on any atom is -0.478 e. The molecule has 3 aromatic carbocycles. The summed E-state index contributed by atoms with van der Waals surface area (Å²) < 4.78 is 5.23. The summed E-state index contributed by atoms with van der Waals surface area (Å²) in [5.41, 5.74) is -0.337. The molecule has 0 heterocycles. The van der Waals surface area contributed by atoms with Crippen LogP contribution in [0.2, 0.25) is 0 Å². The van der Waals surface area contributed by atoms with Gasteiger partial charge in [-0.05, 0) is 22.9 Å². The fraction of sp³-hybridized carbons (Fsp3) is 0. The molecule has 0 aromatic heterocycles. The maximum Gasteiger partial charge on any atom is 0.347 e. The van der Waals surface area contributed by atoms with E-state index in [2.05, 4.69) is 0 Å². The molecule has 1 aliphatic carbocycles. The van der Waals surface area contributed by atoms with Crippen molar-refractivity contribution in [3.05, 3.63) is 89.0 Å². The molecule has 4 rings (SSSR count). The first-order valence-electron chi connectivity index (χ1n) is 8.34. The summed E-state index contributed by atoms with van der Waals surface area (Å²) in [7, 11) is 0. The summed E-state index contributed by atoms with van der Waals surface area (Å²) >= 11 is 0. The summed E-state index contributed by atoms with van der Waals surface area (Å²) in [4.78, 5) is 49.0. The molecule has 136 valence electrons. The van der Waals surface area contributed by atoms with Crippen LogP contribution in [-0.2, 0) is 4.79 Å². The molecule has 0 unspecified atom stereocenters. The number of ether oxygens (including phenoxy) is 1. The van der Waals surface area contributed by atoms with Gasteiger partial charge in [0, 0.05) is 17.2 Å². The van der Waals surface area contributed by atoms with Crippen LogP contribution in [0, 0.1) is 0 Å². The third kappa shape index (κ3) is 2.87. The minimum absolute atomic E-state index is 0.110.